The van der Waals surface area contributed by atoms with E-state index >= 15 is 0 Å². The van der Waals surface area contributed by atoms with Gasteiger partial charge in [-0.2, -0.15) is 5.26 Å². The van der Waals surface area contributed by atoms with Gasteiger partial charge in [0.15, 0.2) is 0 Å². The molecule has 0 radical (unpaired) electrons. The molecule has 1 nitrogen and oxygen atoms in total. The van der Waals surface area contributed by atoms with E-state index in [1.54, 1.807) is 0 Å². The molecule has 0 saturated heterocycles. The van der Waals surface area contributed by atoms with Crippen molar-refractivity contribution < 1.29 is 0 Å². The Morgan fingerprint density at radius 2 is 1.93 bits per heavy atom. The first kappa shape index (κ1) is 11.8. The fraction of sp³-hybridized carbons (Fsp3) is 0.308. The van der Waals surface area contributed by atoms with E-state index in [9.17, 15) is 0 Å². The van der Waals surface area contributed by atoms with E-state index in [1.165, 1.54) is 5.56 Å². The van der Waals surface area contributed by atoms with Crippen LogP contribution in [0.3, 0.4) is 0 Å². The smallest absolute Gasteiger partial charge is 0.0991 e. The minimum Gasteiger partial charge on any atom is -0.192 e. The number of alkyl halides is 1. The lowest BCUT2D eigenvalue weighted by molar-refractivity contribution is 1.24. The zero-order valence-corrected chi connectivity index (χ0v) is 9.80. The van der Waals surface area contributed by atoms with Crippen LogP contribution in [0, 0.1) is 25.2 Å². The van der Waals surface area contributed by atoms with Crippen molar-refractivity contribution in [1.82, 2.24) is 0 Å². The Hall–Kier alpha value is -1.26. The third kappa shape index (κ3) is 3.11. The van der Waals surface area contributed by atoms with Gasteiger partial charge in [-0.05, 0) is 49.1 Å². The van der Waals surface area contributed by atoms with E-state index in [0.29, 0.717) is 5.88 Å². The van der Waals surface area contributed by atoms with E-state index in [4.69, 9.17) is 16.9 Å². The molecule has 0 amide bonds. The highest BCUT2D eigenvalue weighted by atomic mass is 35.5. The van der Waals surface area contributed by atoms with Crippen LogP contribution >= 0.6 is 11.6 Å². The fourth-order valence-electron chi connectivity index (χ4n) is 1.57. The molecule has 1 rings (SSSR count). The topological polar surface area (TPSA) is 23.8 Å². The number of halogens is 1. The van der Waals surface area contributed by atoms with Crippen LogP contribution < -0.4 is 0 Å². The Bertz CT molecular complexity index is 390. The number of hydrogen-bond acceptors (Lipinski definition) is 1. The largest absolute Gasteiger partial charge is 0.192 e. The van der Waals surface area contributed by atoms with Crippen molar-refractivity contribution in [3.63, 3.8) is 0 Å². The molecule has 15 heavy (non-hydrogen) atoms. The standard InChI is InChI=1S/C13H14ClN/c1-10-7-12(9-15)8-11(2)13(10)5-3-4-6-14/h3,5,7-8H,4,6H2,1-2H3. The number of benzene rings is 1. The van der Waals surface area contributed by atoms with Gasteiger partial charge in [-0.15, -0.1) is 11.6 Å². The maximum atomic E-state index is 8.81. The number of nitrogens with zero attached hydrogens (tertiary/aromatic N) is 1. The maximum Gasteiger partial charge on any atom is 0.0991 e. The summed E-state index contributed by atoms with van der Waals surface area (Å²) in [4.78, 5) is 0. The SMILES string of the molecule is Cc1cc(C#N)cc(C)c1C=CCCCl. The molecule has 0 aromatic heterocycles. The lowest BCUT2D eigenvalue weighted by Gasteiger charge is -2.05. The molecule has 78 valence electrons. The van der Waals surface area contributed by atoms with Gasteiger partial charge in [-0.1, -0.05) is 12.2 Å². The normalized spacial score (nSPS) is 10.5. The summed E-state index contributed by atoms with van der Waals surface area (Å²) in [5, 5.41) is 8.81. The average molecular weight is 220 g/mol. The second-order valence-corrected chi connectivity index (χ2v) is 3.89. The fourth-order valence-corrected chi connectivity index (χ4v) is 1.69. The minimum absolute atomic E-state index is 0.644. The molecular weight excluding hydrogens is 206 g/mol. The van der Waals surface area contributed by atoms with Crippen molar-refractivity contribution in [3.05, 3.63) is 40.5 Å². The van der Waals surface area contributed by atoms with Crippen molar-refractivity contribution in [2.24, 2.45) is 0 Å². The monoisotopic (exact) mass is 219 g/mol. The van der Waals surface area contributed by atoms with E-state index in [-0.39, 0.29) is 0 Å². The van der Waals surface area contributed by atoms with E-state index in [1.807, 2.05) is 26.0 Å². The summed E-state index contributed by atoms with van der Waals surface area (Å²) in [5.41, 5.74) is 4.19. The molecule has 2 heteroatoms. The number of allylic oxidation sites excluding steroid dienone is 1. The second kappa shape index (κ2) is 5.58. The van der Waals surface area contributed by atoms with Gasteiger partial charge in [0.25, 0.3) is 0 Å². The van der Waals surface area contributed by atoms with Crippen molar-refractivity contribution in [3.8, 4) is 6.07 Å². The zero-order valence-electron chi connectivity index (χ0n) is 9.05. The first-order chi connectivity index (χ1) is 7.19. The van der Waals surface area contributed by atoms with Gasteiger partial charge in [-0.3, -0.25) is 0 Å². The summed E-state index contributed by atoms with van der Waals surface area (Å²) >= 11 is 5.60. The highest BCUT2D eigenvalue weighted by Crippen LogP contribution is 2.18. The van der Waals surface area contributed by atoms with Crippen molar-refractivity contribution in [2.45, 2.75) is 20.3 Å². The van der Waals surface area contributed by atoms with Gasteiger partial charge in [0, 0.05) is 5.88 Å². The molecule has 0 bridgehead atoms. The summed E-state index contributed by atoms with van der Waals surface area (Å²) in [5.74, 6) is 0.644. The Balaban J connectivity index is 3.04. The molecular formula is C13H14ClN. The van der Waals surface area contributed by atoms with Gasteiger partial charge >= 0.3 is 0 Å². The molecule has 1 aromatic rings. The van der Waals surface area contributed by atoms with Crippen molar-refractivity contribution >= 4 is 17.7 Å². The molecule has 0 heterocycles. The van der Waals surface area contributed by atoms with E-state index in [0.717, 1.165) is 23.1 Å². The molecule has 1 aromatic carbocycles. The maximum absolute atomic E-state index is 8.81. The zero-order chi connectivity index (χ0) is 11.3. The first-order valence-corrected chi connectivity index (χ1v) is 5.46. The summed E-state index contributed by atoms with van der Waals surface area (Å²) < 4.78 is 0. The van der Waals surface area contributed by atoms with Crippen molar-refractivity contribution in [1.29, 1.82) is 5.26 Å². The minimum atomic E-state index is 0.644. The predicted molar refractivity (Wildman–Crippen MR) is 65.0 cm³/mol. The lowest BCUT2D eigenvalue weighted by Crippen LogP contribution is -1.89. The van der Waals surface area contributed by atoms with Crippen LogP contribution in [-0.2, 0) is 0 Å². The number of aryl methyl sites for hydroxylation is 2. The highest BCUT2D eigenvalue weighted by molar-refractivity contribution is 6.17. The lowest BCUT2D eigenvalue weighted by atomic mass is 9.99. The molecule has 0 fully saturated rings. The number of hydrogen-bond donors (Lipinski definition) is 0. The summed E-state index contributed by atoms with van der Waals surface area (Å²) in [7, 11) is 0. The molecule has 0 aliphatic carbocycles. The third-order valence-corrected chi connectivity index (χ3v) is 2.50. The first-order valence-electron chi connectivity index (χ1n) is 4.93. The third-order valence-electron chi connectivity index (χ3n) is 2.28. The molecule has 0 N–H and O–H groups in total. The van der Waals surface area contributed by atoms with Crippen LogP contribution in [0.1, 0.15) is 28.7 Å². The molecule has 0 saturated carbocycles. The van der Waals surface area contributed by atoms with Crippen LogP contribution in [-0.4, -0.2) is 5.88 Å². The average Bonchev–Trinajstić information content (AvgIpc) is 2.22. The van der Waals surface area contributed by atoms with Gasteiger partial charge in [0.05, 0.1) is 11.6 Å². The summed E-state index contributed by atoms with van der Waals surface area (Å²) in [6, 6.07) is 5.98. The van der Waals surface area contributed by atoms with E-state index in [2.05, 4.69) is 18.2 Å². The molecule has 0 aliphatic heterocycles. The predicted octanol–water partition coefficient (Wildman–Crippen LogP) is 3.82. The van der Waals surface area contributed by atoms with Crippen LogP contribution in [0.25, 0.3) is 6.08 Å². The van der Waals surface area contributed by atoms with Crippen molar-refractivity contribution in [2.75, 3.05) is 5.88 Å². The molecule has 0 aliphatic rings. The van der Waals surface area contributed by atoms with Crippen LogP contribution in [0.5, 0.6) is 0 Å². The number of rotatable bonds is 3. The molecule has 0 atom stereocenters. The Kier molecular flexibility index (Phi) is 4.39. The quantitative estimate of drug-likeness (QED) is 0.709. The van der Waals surface area contributed by atoms with Crippen LogP contribution in [0.2, 0.25) is 0 Å². The Labute approximate surface area is 96.0 Å². The van der Waals surface area contributed by atoms with Crippen LogP contribution in [0.4, 0.5) is 0 Å². The van der Waals surface area contributed by atoms with Gasteiger partial charge in [0.1, 0.15) is 0 Å². The summed E-state index contributed by atoms with van der Waals surface area (Å²) in [6.07, 6.45) is 5.02. The Morgan fingerprint density at radius 3 is 2.40 bits per heavy atom. The van der Waals surface area contributed by atoms with Gasteiger partial charge in [-0.25, -0.2) is 0 Å². The molecule has 0 spiro atoms. The second-order valence-electron chi connectivity index (χ2n) is 3.52. The summed E-state index contributed by atoms with van der Waals surface area (Å²) in [6.45, 7) is 4.04. The van der Waals surface area contributed by atoms with E-state index < -0.39 is 0 Å². The highest BCUT2D eigenvalue weighted by Gasteiger charge is 2.01. The van der Waals surface area contributed by atoms with Gasteiger partial charge < -0.3 is 0 Å². The molecule has 0 unspecified atom stereocenters. The van der Waals surface area contributed by atoms with Crippen LogP contribution in [0.15, 0.2) is 18.2 Å². The van der Waals surface area contributed by atoms with Gasteiger partial charge in [0.2, 0.25) is 0 Å². The Morgan fingerprint density at radius 1 is 1.33 bits per heavy atom. The number of nitriles is 1.